The van der Waals surface area contributed by atoms with Gasteiger partial charge in [0.1, 0.15) is 0 Å². The number of nitrogens with one attached hydrogen (secondary N) is 1. The van der Waals surface area contributed by atoms with Crippen molar-refractivity contribution in [1.29, 1.82) is 0 Å². The van der Waals surface area contributed by atoms with Gasteiger partial charge in [0.25, 0.3) is 0 Å². The number of rotatable bonds is 3. The van der Waals surface area contributed by atoms with E-state index >= 15 is 0 Å². The average molecular weight is 172 g/mol. The normalized spacial score (nSPS) is 16.2. The highest BCUT2D eigenvalue weighted by molar-refractivity contribution is 7.80. The largest absolute Gasteiger partial charge is 0.366 e. The van der Waals surface area contributed by atoms with Gasteiger partial charge in [-0.2, -0.15) is 0 Å². The molecule has 0 atom stereocenters. The van der Waals surface area contributed by atoms with Crippen molar-refractivity contribution in [2.24, 2.45) is 0 Å². The molecule has 0 aliphatic heterocycles. The van der Waals surface area contributed by atoms with E-state index in [1.165, 1.54) is 19.3 Å². The molecule has 0 aromatic heterocycles. The number of thiocarbonyl (C=S) groups is 1. The van der Waals surface area contributed by atoms with E-state index in [-0.39, 0.29) is 0 Å². The molecule has 2 nitrogen and oxygen atoms in total. The van der Waals surface area contributed by atoms with Gasteiger partial charge < -0.3 is 10.2 Å². The average Bonchev–Trinajstić information content (AvgIpc) is 2.81. The molecule has 0 heterocycles. The van der Waals surface area contributed by atoms with Gasteiger partial charge in [-0.1, -0.05) is 6.92 Å². The zero-order chi connectivity index (χ0) is 8.27. The highest BCUT2D eigenvalue weighted by atomic mass is 32.1. The lowest BCUT2D eigenvalue weighted by Gasteiger charge is -2.23. The van der Waals surface area contributed by atoms with Gasteiger partial charge in [-0.05, 0) is 31.5 Å². The summed E-state index contributed by atoms with van der Waals surface area (Å²) in [6.07, 6.45) is 3.82. The fourth-order valence-electron chi connectivity index (χ4n) is 1.22. The Morgan fingerprint density at radius 2 is 2.27 bits per heavy atom. The van der Waals surface area contributed by atoms with Gasteiger partial charge in [-0.15, -0.1) is 0 Å². The van der Waals surface area contributed by atoms with Crippen LogP contribution in [0, 0.1) is 0 Å². The number of hydrogen-bond acceptors (Lipinski definition) is 1. The van der Waals surface area contributed by atoms with Crippen molar-refractivity contribution in [3.05, 3.63) is 0 Å². The van der Waals surface area contributed by atoms with E-state index in [0.717, 1.165) is 17.7 Å². The van der Waals surface area contributed by atoms with Gasteiger partial charge in [-0.25, -0.2) is 0 Å². The lowest BCUT2D eigenvalue weighted by Crippen LogP contribution is -2.39. The minimum Gasteiger partial charge on any atom is -0.366 e. The SMILES string of the molecule is CCCN(C(=S)NC)C1CC1. The predicted octanol–water partition coefficient (Wildman–Crippen LogP) is 1.37. The molecule has 11 heavy (non-hydrogen) atoms. The van der Waals surface area contributed by atoms with Crippen LogP contribution in [0.4, 0.5) is 0 Å². The Kier molecular flexibility index (Phi) is 3.12. The predicted molar refractivity (Wildman–Crippen MR) is 51.7 cm³/mol. The summed E-state index contributed by atoms with van der Waals surface area (Å²) >= 11 is 5.17. The number of hydrogen-bond donors (Lipinski definition) is 1. The Balaban J connectivity index is 2.37. The molecular weight excluding hydrogens is 156 g/mol. The zero-order valence-electron chi connectivity index (χ0n) is 7.26. The second-order valence-corrected chi connectivity index (χ2v) is 3.37. The minimum atomic E-state index is 0.745. The molecule has 0 saturated heterocycles. The van der Waals surface area contributed by atoms with Crippen LogP contribution in [-0.4, -0.2) is 29.6 Å². The molecule has 0 unspecified atom stereocenters. The fourth-order valence-corrected chi connectivity index (χ4v) is 1.46. The minimum absolute atomic E-state index is 0.745. The van der Waals surface area contributed by atoms with E-state index in [4.69, 9.17) is 12.2 Å². The molecule has 64 valence electrons. The number of nitrogens with zero attached hydrogens (tertiary/aromatic N) is 1. The maximum absolute atomic E-state index is 5.17. The van der Waals surface area contributed by atoms with Crippen molar-refractivity contribution in [3.63, 3.8) is 0 Å². The second kappa shape index (κ2) is 3.90. The standard InChI is InChI=1S/C8H16N2S/c1-3-6-10(7-4-5-7)8(11)9-2/h7H,3-6H2,1-2H3,(H,9,11). The van der Waals surface area contributed by atoms with Crippen LogP contribution in [0.2, 0.25) is 0 Å². The highest BCUT2D eigenvalue weighted by Gasteiger charge is 2.29. The third-order valence-electron chi connectivity index (χ3n) is 1.93. The van der Waals surface area contributed by atoms with Crippen molar-refractivity contribution >= 4 is 17.3 Å². The van der Waals surface area contributed by atoms with Crippen molar-refractivity contribution in [1.82, 2.24) is 10.2 Å². The first kappa shape index (κ1) is 8.78. The van der Waals surface area contributed by atoms with Gasteiger partial charge in [0.2, 0.25) is 0 Å². The van der Waals surface area contributed by atoms with E-state index in [1.807, 2.05) is 7.05 Å². The van der Waals surface area contributed by atoms with E-state index in [9.17, 15) is 0 Å². The topological polar surface area (TPSA) is 15.3 Å². The molecule has 0 aromatic rings. The summed E-state index contributed by atoms with van der Waals surface area (Å²) in [5.41, 5.74) is 0. The zero-order valence-corrected chi connectivity index (χ0v) is 8.08. The smallest absolute Gasteiger partial charge is 0.168 e. The lowest BCUT2D eigenvalue weighted by atomic mass is 10.4. The fraction of sp³-hybridized carbons (Fsp3) is 0.875. The van der Waals surface area contributed by atoms with E-state index in [2.05, 4.69) is 17.1 Å². The summed E-state index contributed by atoms with van der Waals surface area (Å²) in [7, 11) is 1.90. The first-order chi connectivity index (χ1) is 5.29. The van der Waals surface area contributed by atoms with Gasteiger partial charge in [0, 0.05) is 19.6 Å². The van der Waals surface area contributed by atoms with Crippen LogP contribution in [0.5, 0.6) is 0 Å². The Morgan fingerprint density at radius 3 is 2.64 bits per heavy atom. The Hall–Kier alpha value is -0.310. The molecule has 0 spiro atoms. The van der Waals surface area contributed by atoms with Crippen molar-refractivity contribution in [2.75, 3.05) is 13.6 Å². The summed E-state index contributed by atoms with van der Waals surface area (Å²) < 4.78 is 0. The van der Waals surface area contributed by atoms with E-state index in [1.54, 1.807) is 0 Å². The Bertz CT molecular complexity index is 143. The van der Waals surface area contributed by atoms with Gasteiger partial charge in [0.15, 0.2) is 5.11 Å². The maximum atomic E-state index is 5.17. The molecule has 1 N–H and O–H groups in total. The molecule has 1 rings (SSSR count). The molecule has 0 radical (unpaired) electrons. The van der Waals surface area contributed by atoms with E-state index in [0.29, 0.717) is 0 Å². The van der Waals surface area contributed by atoms with Gasteiger partial charge in [-0.3, -0.25) is 0 Å². The molecule has 1 aliphatic carbocycles. The van der Waals surface area contributed by atoms with Crippen LogP contribution in [0.15, 0.2) is 0 Å². The Labute approximate surface area is 74.0 Å². The van der Waals surface area contributed by atoms with Crippen molar-refractivity contribution in [3.8, 4) is 0 Å². The maximum Gasteiger partial charge on any atom is 0.168 e. The summed E-state index contributed by atoms with van der Waals surface area (Å²) in [6.45, 7) is 3.29. The molecule has 3 heteroatoms. The molecule has 1 aliphatic rings. The molecule has 1 fully saturated rings. The Morgan fingerprint density at radius 1 is 1.64 bits per heavy atom. The highest BCUT2D eigenvalue weighted by Crippen LogP contribution is 2.26. The van der Waals surface area contributed by atoms with Crippen LogP contribution in [0.3, 0.4) is 0 Å². The third kappa shape index (κ3) is 2.33. The van der Waals surface area contributed by atoms with Crippen LogP contribution in [0.1, 0.15) is 26.2 Å². The van der Waals surface area contributed by atoms with E-state index < -0.39 is 0 Å². The summed E-state index contributed by atoms with van der Waals surface area (Å²) in [5.74, 6) is 0. The lowest BCUT2D eigenvalue weighted by molar-refractivity contribution is 0.405. The first-order valence-electron chi connectivity index (χ1n) is 4.28. The molecular formula is C8H16N2S. The summed E-state index contributed by atoms with van der Waals surface area (Å²) in [6, 6.07) is 0.745. The van der Waals surface area contributed by atoms with Crippen LogP contribution >= 0.6 is 12.2 Å². The molecule has 0 aromatic carbocycles. The monoisotopic (exact) mass is 172 g/mol. The van der Waals surface area contributed by atoms with Crippen molar-refractivity contribution < 1.29 is 0 Å². The van der Waals surface area contributed by atoms with Crippen LogP contribution in [0.25, 0.3) is 0 Å². The van der Waals surface area contributed by atoms with Gasteiger partial charge >= 0.3 is 0 Å². The first-order valence-corrected chi connectivity index (χ1v) is 4.68. The van der Waals surface area contributed by atoms with Gasteiger partial charge in [0.05, 0.1) is 0 Å². The quantitative estimate of drug-likeness (QED) is 0.647. The summed E-state index contributed by atoms with van der Waals surface area (Å²) in [4.78, 5) is 2.30. The van der Waals surface area contributed by atoms with Crippen LogP contribution < -0.4 is 5.32 Å². The van der Waals surface area contributed by atoms with Crippen molar-refractivity contribution in [2.45, 2.75) is 32.2 Å². The third-order valence-corrected chi connectivity index (χ3v) is 2.37. The van der Waals surface area contributed by atoms with Crippen LogP contribution in [-0.2, 0) is 0 Å². The molecule has 0 bridgehead atoms. The molecule has 1 saturated carbocycles. The summed E-state index contributed by atoms with van der Waals surface area (Å²) in [5, 5.41) is 3.94. The second-order valence-electron chi connectivity index (χ2n) is 2.98. The molecule has 0 amide bonds.